The molecule has 1 aromatic carbocycles. The highest BCUT2D eigenvalue weighted by Crippen LogP contribution is 2.18. The topological polar surface area (TPSA) is 81.4 Å². The first-order valence-corrected chi connectivity index (χ1v) is 7.20. The lowest BCUT2D eigenvalue weighted by atomic mass is 10.1. The first-order valence-electron chi connectivity index (χ1n) is 7.20. The molecule has 2 heterocycles. The van der Waals surface area contributed by atoms with Crippen molar-refractivity contribution in [2.75, 3.05) is 0 Å². The SMILES string of the molecule is O=C(O)c1nc2n(c(=O)c1OCc1ccccc1)CCCC2. The van der Waals surface area contributed by atoms with Gasteiger partial charge in [0.15, 0.2) is 5.69 Å². The molecule has 0 spiro atoms. The third-order valence-corrected chi connectivity index (χ3v) is 3.67. The second-order valence-corrected chi connectivity index (χ2v) is 5.20. The van der Waals surface area contributed by atoms with E-state index in [9.17, 15) is 14.7 Å². The zero-order chi connectivity index (χ0) is 15.5. The van der Waals surface area contributed by atoms with Gasteiger partial charge in [-0.25, -0.2) is 9.78 Å². The molecule has 1 aliphatic heterocycles. The van der Waals surface area contributed by atoms with Gasteiger partial charge in [-0.3, -0.25) is 9.36 Å². The summed E-state index contributed by atoms with van der Waals surface area (Å²) in [5, 5.41) is 9.30. The lowest BCUT2D eigenvalue weighted by Crippen LogP contribution is -2.31. The van der Waals surface area contributed by atoms with E-state index in [1.165, 1.54) is 4.57 Å². The van der Waals surface area contributed by atoms with Crippen LogP contribution in [0.2, 0.25) is 0 Å². The maximum absolute atomic E-state index is 12.5. The third-order valence-electron chi connectivity index (χ3n) is 3.67. The van der Waals surface area contributed by atoms with Gasteiger partial charge in [-0.1, -0.05) is 30.3 Å². The van der Waals surface area contributed by atoms with Crippen LogP contribution in [0.4, 0.5) is 0 Å². The summed E-state index contributed by atoms with van der Waals surface area (Å²) in [4.78, 5) is 28.0. The summed E-state index contributed by atoms with van der Waals surface area (Å²) in [6, 6.07) is 9.29. The molecule has 0 saturated heterocycles. The molecule has 2 aromatic rings. The minimum atomic E-state index is -1.24. The Hall–Kier alpha value is -2.63. The first kappa shape index (κ1) is 14.3. The molecule has 0 saturated carbocycles. The minimum Gasteiger partial charge on any atom is -0.481 e. The van der Waals surface area contributed by atoms with Gasteiger partial charge in [0.05, 0.1) is 0 Å². The number of carboxylic acids is 1. The van der Waals surface area contributed by atoms with Crippen molar-refractivity contribution in [1.29, 1.82) is 0 Å². The molecule has 0 fully saturated rings. The Labute approximate surface area is 127 Å². The molecular formula is C16H16N2O4. The van der Waals surface area contributed by atoms with Crippen LogP contribution in [0, 0.1) is 0 Å². The van der Waals surface area contributed by atoms with E-state index in [1.54, 1.807) is 0 Å². The van der Waals surface area contributed by atoms with Crippen molar-refractivity contribution >= 4 is 5.97 Å². The summed E-state index contributed by atoms with van der Waals surface area (Å²) < 4.78 is 7.03. The van der Waals surface area contributed by atoms with Gasteiger partial charge in [-0.05, 0) is 18.4 Å². The number of benzene rings is 1. The minimum absolute atomic E-state index is 0.136. The van der Waals surface area contributed by atoms with Crippen molar-refractivity contribution in [3.8, 4) is 5.75 Å². The fourth-order valence-electron chi connectivity index (χ4n) is 2.56. The second-order valence-electron chi connectivity index (χ2n) is 5.20. The Kier molecular flexibility index (Phi) is 3.91. The van der Waals surface area contributed by atoms with Crippen LogP contribution < -0.4 is 10.3 Å². The maximum Gasteiger partial charge on any atom is 0.358 e. The fourth-order valence-corrected chi connectivity index (χ4v) is 2.56. The monoisotopic (exact) mass is 300 g/mol. The smallest absolute Gasteiger partial charge is 0.358 e. The van der Waals surface area contributed by atoms with Crippen LogP contribution in [-0.4, -0.2) is 20.6 Å². The van der Waals surface area contributed by atoms with E-state index in [2.05, 4.69) is 4.98 Å². The lowest BCUT2D eigenvalue weighted by Gasteiger charge is -2.19. The van der Waals surface area contributed by atoms with Crippen molar-refractivity contribution in [3.05, 3.63) is 57.8 Å². The molecule has 0 radical (unpaired) electrons. The van der Waals surface area contributed by atoms with Crippen molar-refractivity contribution in [3.63, 3.8) is 0 Å². The zero-order valence-corrected chi connectivity index (χ0v) is 12.0. The van der Waals surface area contributed by atoms with E-state index in [0.29, 0.717) is 18.8 Å². The molecule has 0 amide bonds. The van der Waals surface area contributed by atoms with Gasteiger partial charge < -0.3 is 9.84 Å². The number of fused-ring (bicyclic) bond motifs is 1. The molecule has 1 N–H and O–H groups in total. The highest BCUT2D eigenvalue weighted by molar-refractivity contribution is 5.88. The van der Waals surface area contributed by atoms with Gasteiger partial charge in [-0.2, -0.15) is 0 Å². The Bertz CT molecular complexity index is 753. The molecule has 1 aliphatic rings. The third kappa shape index (κ3) is 2.72. The maximum atomic E-state index is 12.5. The standard InChI is InChI=1S/C16H16N2O4/c19-15-14(22-10-11-6-2-1-3-7-11)13(16(20)21)17-12-8-4-5-9-18(12)15/h1-3,6-7H,4-5,8-10H2,(H,20,21). The molecule has 0 bridgehead atoms. The van der Waals surface area contributed by atoms with E-state index in [4.69, 9.17) is 4.74 Å². The van der Waals surface area contributed by atoms with Crippen LogP contribution in [0.15, 0.2) is 35.1 Å². The molecular weight excluding hydrogens is 284 g/mol. The van der Waals surface area contributed by atoms with Crippen LogP contribution in [0.1, 0.15) is 34.7 Å². The summed E-state index contributed by atoms with van der Waals surface area (Å²) in [7, 11) is 0. The molecule has 3 rings (SSSR count). The lowest BCUT2D eigenvalue weighted by molar-refractivity contribution is 0.0682. The summed E-state index contributed by atoms with van der Waals surface area (Å²) in [6.45, 7) is 0.695. The average Bonchev–Trinajstić information content (AvgIpc) is 2.54. The molecule has 0 unspecified atom stereocenters. The van der Waals surface area contributed by atoms with Crippen LogP contribution in [0.3, 0.4) is 0 Å². The number of carboxylic acid groups (broad SMARTS) is 1. The molecule has 1 aromatic heterocycles. The summed E-state index contributed by atoms with van der Waals surface area (Å²) >= 11 is 0. The number of aromatic nitrogens is 2. The summed E-state index contributed by atoms with van der Waals surface area (Å²) in [6.07, 6.45) is 2.42. The van der Waals surface area contributed by atoms with Crippen molar-refractivity contribution < 1.29 is 14.6 Å². The van der Waals surface area contributed by atoms with Gasteiger partial charge >= 0.3 is 5.97 Å². The number of aryl methyl sites for hydroxylation is 1. The van der Waals surface area contributed by atoms with Crippen LogP contribution >= 0.6 is 0 Å². The van der Waals surface area contributed by atoms with Crippen molar-refractivity contribution in [2.24, 2.45) is 0 Å². The molecule has 6 nitrogen and oxygen atoms in total. The second kappa shape index (κ2) is 6.01. The van der Waals surface area contributed by atoms with Gasteiger partial charge in [0.25, 0.3) is 5.56 Å². The van der Waals surface area contributed by atoms with Gasteiger partial charge in [-0.15, -0.1) is 0 Å². The van der Waals surface area contributed by atoms with Crippen molar-refractivity contribution in [1.82, 2.24) is 9.55 Å². The number of rotatable bonds is 4. The molecule has 0 atom stereocenters. The molecule has 22 heavy (non-hydrogen) atoms. The Balaban J connectivity index is 1.98. The number of hydrogen-bond donors (Lipinski definition) is 1. The van der Waals surface area contributed by atoms with E-state index in [-0.39, 0.29) is 18.1 Å². The van der Waals surface area contributed by atoms with E-state index in [0.717, 1.165) is 18.4 Å². The van der Waals surface area contributed by atoms with Gasteiger partial charge in [0.1, 0.15) is 12.4 Å². The van der Waals surface area contributed by atoms with Crippen molar-refractivity contribution in [2.45, 2.75) is 32.4 Å². The normalized spacial score (nSPS) is 13.5. The fraction of sp³-hybridized carbons (Fsp3) is 0.312. The summed E-state index contributed by atoms with van der Waals surface area (Å²) in [5.74, 6) is -0.892. The van der Waals surface area contributed by atoms with E-state index in [1.807, 2.05) is 30.3 Å². The highest BCUT2D eigenvalue weighted by atomic mass is 16.5. The Morgan fingerprint density at radius 3 is 2.77 bits per heavy atom. The Morgan fingerprint density at radius 1 is 1.27 bits per heavy atom. The predicted octanol–water partition coefficient (Wildman–Crippen LogP) is 1.86. The van der Waals surface area contributed by atoms with Gasteiger partial charge in [0.2, 0.25) is 5.75 Å². The average molecular weight is 300 g/mol. The van der Waals surface area contributed by atoms with Crippen LogP contribution in [0.25, 0.3) is 0 Å². The number of hydrogen-bond acceptors (Lipinski definition) is 4. The Morgan fingerprint density at radius 2 is 2.05 bits per heavy atom. The summed E-state index contributed by atoms with van der Waals surface area (Å²) in [5.41, 5.74) is 0.160. The van der Waals surface area contributed by atoms with Gasteiger partial charge in [0, 0.05) is 13.0 Å². The molecule has 6 heteroatoms. The van der Waals surface area contributed by atoms with E-state index < -0.39 is 11.5 Å². The number of nitrogens with zero attached hydrogens (tertiary/aromatic N) is 2. The zero-order valence-electron chi connectivity index (χ0n) is 12.0. The quantitative estimate of drug-likeness (QED) is 0.932. The largest absolute Gasteiger partial charge is 0.481 e. The number of carbonyl (C=O) groups is 1. The molecule has 0 aliphatic carbocycles. The van der Waals surface area contributed by atoms with Crippen LogP contribution in [-0.2, 0) is 19.6 Å². The number of aromatic carboxylic acids is 1. The predicted molar refractivity (Wildman–Crippen MR) is 79.2 cm³/mol. The molecule has 114 valence electrons. The van der Waals surface area contributed by atoms with E-state index >= 15 is 0 Å². The highest BCUT2D eigenvalue weighted by Gasteiger charge is 2.24. The number of ether oxygens (including phenoxy) is 1. The van der Waals surface area contributed by atoms with Crippen LogP contribution in [0.5, 0.6) is 5.75 Å². The first-order chi connectivity index (χ1) is 10.7.